The molecule has 122 valence electrons. The molecule has 2 aromatic rings. The first-order valence-electron chi connectivity index (χ1n) is 7.56. The second-order valence-electron chi connectivity index (χ2n) is 5.18. The molecule has 1 aromatic heterocycles. The molecule has 24 heavy (non-hydrogen) atoms. The summed E-state index contributed by atoms with van der Waals surface area (Å²) >= 11 is 3.04. The molecule has 0 aliphatic carbocycles. The Morgan fingerprint density at radius 2 is 2.12 bits per heavy atom. The number of hydrogen-bond donors (Lipinski definition) is 1. The van der Waals surface area contributed by atoms with Gasteiger partial charge in [-0.05, 0) is 23.6 Å². The number of rotatable bonds is 6. The second-order valence-corrected chi connectivity index (χ2v) is 7.27. The van der Waals surface area contributed by atoms with Gasteiger partial charge in [0.2, 0.25) is 5.91 Å². The standard InChI is InChI=1S/C18H16N2O2S2/c19-12-15-14(16-7-4-9-23-16)11-17(21)20-18(15)24-10-8-22-13-5-2-1-3-6-13/h1-7,9,14H,8,10-11H2,(H,20,21)/t14-/m1/s1. The van der Waals surface area contributed by atoms with Crippen LogP contribution in [0.2, 0.25) is 0 Å². The highest BCUT2D eigenvalue weighted by Crippen LogP contribution is 2.37. The van der Waals surface area contributed by atoms with E-state index in [2.05, 4.69) is 11.4 Å². The average molecular weight is 356 g/mol. The van der Waals surface area contributed by atoms with Crippen LogP contribution >= 0.6 is 23.1 Å². The lowest BCUT2D eigenvalue weighted by molar-refractivity contribution is -0.120. The number of amides is 1. The number of thiophene rings is 1. The SMILES string of the molecule is N#CC1=C(SCCOc2ccccc2)NC(=O)C[C@H]1c1cccs1. The summed E-state index contributed by atoms with van der Waals surface area (Å²) in [5.74, 6) is 1.30. The minimum Gasteiger partial charge on any atom is -0.493 e. The van der Waals surface area contributed by atoms with E-state index < -0.39 is 0 Å². The Balaban J connectivity index is 1.65. The fourth-order valence-electron chi connectivity index (χ4n) is 2.49. The lowest BCUT2D eigenvalue weighted by atomic mass is 9.93. The lowest BCUT2D eigenvalue weighted by Crippen LogP contribution is -2.30. The number of nitrogens with one attached hydrogen (secondary N) is 1. The smallest absolute Gasteiger partial charge is 0.225 e. The molecule has 2 heterocycles. The van der Waals surface area contributed by atoms with E-state index in [4.69, 9.17) is 4.74 Å². The van der Waals surface area contributed by atoms with E-state index in [0.29, 0.717) is 29.4 Å². The van der Waals surface area contributed by atoms with Crippen LogP contribution < -0.4 is 10.1 Å². The highest BCUT2D eigenvalue weighted by Gasteiger charge is 2.30. The minimum absolute atomic E-state index is 0.0427. The number of thioether (sulfide) groups is 1. The number of para-hydroxylation sites is 1. The van der Waals surface area contributed by atoms with Crippen molar-refractivity contribution in [3.63, 3.8) is 0 Å². The molecule has 1 aromatic carbocycles. The maximum atomic E-state index is 12.0. The molecule has 1 N–H and O–H groups in total. The first kappa shape index (κ1) is 16.6. The molecular formula is C18H16N2O2S2. The quantitative estimate of drug-likeness (QED) is 0.798. The molecule has 0 spiro atoms. The monoisotopic (exact) mass is 356 g/mol. The first-order chi connectivity index (χ1) is 11.8. The Morgan fingerprint density at radius 1 is 1.29 bits per heavy atom. The molecule has 1 aliphatic heterocycles. The van der Waals surface area contributed by atoms with Gasteiger partial charge < -0.3 is 10.1 Å². The van der Waals surface area contributed by atoms with Gasteiger partial charge in [0, 0.05) is 23.0 Å². The fourth-order valence-corrected chi connectivity index (χ4v) is 4.22. The van der Waals surface area contributed by atoms with Gasteiger partial charge >= 0.3 is 0 Å². The summed E-state index contributed by atoms with van der Waals surface area (Å²) in [5.41, 5.74) is 0.641. The third-order valence-electron chi connectivity index (χ3n) is 3.58. The highest BCUT2D eigenvalue weighted by atomic mass is 32.2. The molecule has 1 aliphatic rings. The number of nitrogens with zero attached hydrogens (tertiary/aromatic N) is 1. The predicted octanol–water partition coefficient (Wildman–Crippen LogP) is 3.90. The maximum Gasteiger partial charge on any atom is 0.225 e. The molecule has 0 saturated carbocycles. The van der Waals surface area contributed by atoms with E-state index in [0.717, 1.165) is 10.6 Å². The summed E-state index contributed by atoms with van der Waals surface area (Å²) < 4.78 is 5.65. The first-order valence-corrected chi connectivity index (χ1v) is 9.42. The van der Waals surface area contributed by atoms with Crippen LogP contribution in [0.15, 0.2) is 58.4 Å². The zero-order valence-corrected chi connectivity index (χ0v) is 14.5. The van der Waals surface area contributed by atoms with E-state index in [1.807, 2.05) is 47.8 Å². The summed E-state index contributed by atoms with van der Waals surface area (Å²) in [6.45, 7) is 0.510. The van der Waals surface area contributed by atoms with Crippen molar-refractivity contribution in [3.8, 4) is 11.8 Å². The van der Waals surface area contributed by atoms with Crippen LogP contribution in [0.4, 0.5) is 0 Å². The summed E-state index contributed by atoms with van der Waals surface area (Å²) in [6, 6.07) is 15.8. The van der Waals surface area contributed by atoms with Gasteiger partial charge in [0.05, 0.1) is 23.3 Å². The van der Waals surface area contributed by atoms with Gasteiger partial charge in [-0.25, -0.2) is 0 Å². The van der Waals surface area contributed by atoms with Crippen molar-refractivity contribution in [2.75, 3.05) is 12.4 Å². The summed E-state index contributed by atoms with van der Waals surface area (Å²) in [4.78, 5) is 13.1. The predicted molar refractivity (Wildman–Crippen MR) is 96.9 cm³/mol. The third-order valence-corrected chi connectivity index (χ3v) is 5.55. The zero-order chi connectivity index (χ0) is 16.8. The van der Waals surface area contributed by atoms with Gasteiger partial charge in [0.1, 0.15) is 5.75 Å². The average Bonchev–Trinajstić information content (AvgIpc) is 3.13. The van der Waals surface area contributed by atoms with Gasteiger partial charge in [0.25, 0.3) is 0 Å². The van der Waals surface area contributed by atoms with Crippen molar-refractivity contribution >= 4 is 29.0 Å². The molecule has 4 nitrogen and oxygen atoms in total. The molecule has 0 fully saturated rings. The Morgan fingerprint density at radius 3 is 2.83 bits per heavy atom. The van der Waals surface area contributed by atoms with Crippen LogP contribution in [0.25, 0.3) is 0 Å². The zero-order valence-electron chi connectivity index (χ0n) is 12.9. The van der Waals surface area contributed by atoms with Crippen LogP contribution in [0, 0.1) is 11.3 Å². The Kier molecular flexibility index (Phi) is 5.57. The molecule has 0 radical (unpaired) electrons. The van der Waals surface area contributed by atoms with E-state index in [9.17, 15) is 10.1 Å². The molecule has 1 amide bonds. The molecule has 0 bridgehead atoms. The summed E-state index contributed by atoms with van der Waals surface area (Å²) in [5, 5.41) is 15.0. The Hall–Kier alpha value is -2.23. The van der Waals surface area contributed by atoms with Crippen molar-refractivity contribution in [1.29, 1.82) is 5.26 Å². The molecule has 0 saturated heterocycles. The second kappa shape index (κ2) is 8.04. The van der Waals surface area contributed by atoms with Crippen LogP contribution in [-0.2, 0) is 4.79 Å². The van der Waals surface area contributed by atoms with E-state index in [1.165, 1.54) is 11.8 Å². The van der Waals surface area contributed by atoms with Gasteiger partial charge in [0.15, 0.2) is 0 Å². The largest absolute Gasteiger partial charge is 0.493 e. The minimum atomic E-state index is -0.138. The number of ether oxygens (including phenoxy) is 1. The van der Waals surface area contributed by atoms with Crippen molar-refractivity contribution in [3.05, 3.63) is 63.3 Å². The number of hydrogen-bond acceptors (Lipinski definition) is 5. The van der Waals surface area contributed by atoms with Crippen molar-refractivity contribution < 1.29 is 9.53 Å². The number of carbonyl (C=O) groups is 1. The van der Waals surface area contributed by atoms with Gasteiger partial charge in [-0.15, -0.1) is 23.1 Å². The number of carbonyl (C=O) groups excluding carboxylic acids is 1. The van der Waals surface area contributed by atoms with Crippen molar-refractivity contribution in [2.45, 2.75) is 12.3 Å². The highest BCUT2D eigenvalue weighted by molar-refractivity contribution is 8.03. The summed E-state index contributed by atoms with van der Waals surface area (Å²) in [6.07, 6.45) is 0.327. The van der Waals surface area contributed by atoms with Crippen LogP contribution in [0.5, 0.6) is 5.75 Å². The van der Waals surface area contributed by atoms with Crippen molar-refractivity contribution in [2.24, 2.45) is 0 Å². The molecule has 1 atom stereocenters. The lowest BCUT2D eigenvalue weighted by Gasteiger charge is -2.24. The third kappa shape index (κ3) is 3.99. The van der Waals surface area contributed by atoms with E-state index in [1.54, 1.807) is 11.3 Å². The van der Waals surface area contributed by atoms with Gasteiger partial charge in [-0.1, -0.05) is 24.3 Å². The molecule has 6 heteroatoms. The van der Waals surface area contributed by atoms with Gasteiger partial charge in [-0.2, -0.15) is 5.26 Å². The maximum absolute atomic E-state index is 12.0. The van der Waals surface area contributed by atoms with Crippen LogP contribution in [0.3, 0.4) is 0 Å². The molecular weight excluding hydrogens is 340 g/mol. The van der Waals surface area contributed by atoms with Crippen LogP contribution in [-0.4, -0.2) is 18.3 Å². The Labute approximate surface area is 149 Å². The number of benzene rings is 1. The van der Waals surface area contributed by atoms with E-state index >= 15 is 0 Å². The van der Waals surface area contributed by atoms with Crippen LogP contribution in [0.1, 0.15) is 17.2 Å². The number of allylic oxidation sites excluding steroid dienone is 1. The Bertz CT molecular complexity index is 764. The normalized spacial score (nSPS) is 17.3. The molecule has 0 unspecified atom stereocenters. The summed E-state index contributed by atoms with van der Waals surface area (Å²) in [7, 11) is 0. The van der Waals surface area contributed by atoms with Crippen molar-refractivity contribution in [1.82, 2.24) is 5.32 Å². The van der Waals surface area contributed by atoms with E-state index in [-0.39, 0.29) is 11.8 Å². The fraction of sp³-hybridized carbons (Fsp3) is 0.222. The van der Waals surface area contributed by atoms with Gasteiger partial charge in [-0.3, -0.25) is 4.79 Å². The molecule has 3 rings (SSSR count). The topological polar surface area (TPSA) is 62.1 Å². The number of nitriles is 1.